The van der Waals surface area contributed by atoms with Crippen LogP contribution in [0.5, 0.6) is 0 Å². The maximum Gasteiger partial charge on any atom is 0.00443 e. The predicted octanol–water partition coefficient (Wildman–Crippen LogP) is 0.851. The van der Waals surface area contributed by atoms with Crippen LogP contribution in [-0.4, -0.2) is 12.1 Å². The van der Waals surface area contributed by atoms with Crippen LogP contribution < -0.4 is 11.5 Å². The van der Waals surface area contributed by atoms with Gasteiger partial charge in [-0.15, -0.1) is 0 Å². The van der Waals surface area contributed by atoms with Crippen molar-refractivity contribution >= 4 is 0 Å². The van der Waals surface area contributed by atoms with E-state index in [9.17, 15) is 0 Å². The lowest BCUT2D eigenvalue weighted by Crippen LogP contribution is -2.30. The molecule has 0 aromatic rings. The van der Waals surface area contributed by atoms with Gasteiger partial charge in [-0.05, 0) is 43.9 Å². The van der Waals surface area contributed by atoms with E-state index in [-0.39, 0.29) is 0 Å². The van der Waals surface area contributed by atoms with E-state index in [1.165, 1.54) is 32.1 Å². The van der Waals surface area contributed by atoms with Crippen molar-refractivity contribution in [3.05, 3.63) is 0 Å². The smallest absolute Gasteiger partial charge is 0.00443 e. The van der Waals surface area contributed by atoms with E-state index in [0.717, 1.165) is 11.8 Å². The normalized spacial score (nSPS) is 50.7. The Morgan fingerprint density at radius 1 is 0.727 bits per heavy atom. The van der Waals surface area contributed by atoms with Crippen molar-refractivity contribution in [2.45, 2.75) is 44.2 Å². The minimum absolute atomic E-state index is 0.474. The van der Waals surface area contributed by atoms with E-state index in [1.54, 1.807) is 0 Å². The lowest BCUT2D eigenvalue weighted by molar-refractivity contribution is 0.251. The number of nitrogens with two attached hydrogens (primary N) is 2. The molecular formula is C9H18N2. The molecule has 0 bridgehead atoms. The summed E-state index contributed by atoms with van der Waals surface area (Å²) >= 11 is 0. The fraction of sp³-hybridized carbons (Fsp3) is 1.00. The van der Waals surface area contributed by atoms with Gasteiger partial charge in [0.05, 0.1) is 0 Å². The van der Waals surface area contributed by atoms with Gasteiger partial charge in [-0.2, -0.15) is 0 Å². The van der Waals surface area contributed by atoms with Gasteiger partial charge in [0.2, 0.25) is 0 Å². The van der Waals surface area contributed by atoms with Gasteiger partial charge >= 0.3 is 0 Å². The Labute approximate surface area is 68.3 Å². The minimum atomic E-state index is 0.474. The largest absolute Gasteiger partial charge is 0.328 e. The second-order valence-corrected chi connectivity index (χ2v) is 4.32. The van der Waals surface area contributed by atoms with Crippen LogP contribution >= 0.6 is 0 Å². The molecule has 64 valence electrons. The average molecular weight is 154 g/mol. The van der Waals surface area contributed by atoms with E-state index in [0.29, 0.717) is 12.1 Å². The van der Waals surface area contributed by atoms with Crippen LogP contribution in [0.15, 0.2) is 0 Å². The summed E-state index contributed by atoms with van der Waals surface area (Å²) in [4.78, 5) is 0. The summed E-state index contributed by atoms with van der Waals surface area (Å²) in [6, 6.07) is 0.955. The number of rotatable bonds is 0. The van der Waals surface area contributed by atoms with E-state index < -0.39 is 0 Å². The second kappa shape index (κ2) is 2.76. The number of hydrogen-bond donors (Lipinski definition) is 2. The Morgan fingerprint density at radius 3 is 2.18 bits per heavy atom. The molecule has 2 aliphatic carbocycles. The van der Waals surface area contributed by atoms with Crippen LogP contribution in [0.4, 0.5) is 0 Å². The molecule has 4 N–H and O–H groups in total. The van der Waals surface area contributed by atoms with Crippen molar-refractivity contribution in [2.75, 3.05) is 0 Å². The van der Waals surface area contributed by atoms with Crippen LogP contribution in [0.1, 0.15) is 32.1 Å². The van der Waals surface area contributed by atoms with Gasteiger partial charge in [0.15, 0.2) is 0 Å². The lowest BCUT2D eigenvalue weighted by Gasteiger charge is -2.29. The molecule has 0 heterocycles. The molecule has 4 atom stereocenters. The molecule has 11 heavy (non-hydrogen) atoms. The highest BCUT2D eigenvalue weighted by Gasteiger charge is 2.35. The molecule has 2 fully saturated rings. The zero-order valence-corrected chi connectivity index (χ0v) is 7.00. The van der Waals surface area contributed by atoms with Gasteiger partial charge in [0.25, 0.3) is 0 Å². The standard InChI is InChI=1S/C9H18N2/c10-8-2-1-6-3-9(11)5-7(6)4-8/h6-9H,1-5,10-11H2. The molecule has 2 aliphatic rings. The van der Waals surface area contributed by atoms with Crippen LogP contribution in [0, 0.1) is 11.8 Å². The van der Waals surface area contributed by atoms with Crippen molar-refractivity contribution in [1.82, 2.24) is 0 Å². The molecule has 4 unspecified atom stereocenters. The Morgan fingerprint density at radius 2 is 1.36 bits per heavy atom. The molecule has 2 saturated carbocycles. The zero-order chi connectivity index (χ0) is 7.84. The molecule has 0 aliphatic heterocycles. The summed E-state index contributed by atoms with van der Waals surface area (Å²) in [6.07, 6.45) is 6.29. The maximum absolute atomic E-state index is 5.90. The third kappa shape index (κ3) is 1.42. The van der Waals surface area contributed by atoms with Gasteiger partial charge in [-0.25, -0.2) is 0 Å². The van der Waals surface area contributed by atoms with Crippen molar-refractivity contribution in [1.29, 1.82) is 0 Å². The Hall–Kier alpha value is -0.0800. The minimum Gasteiger partial charge on any atom is -0.328 e. The van der Waals surface area contributed by atoms with Gasteiger partial charge in [0, 0.05) is 12.1 Å². The zero-order valence-electron chi connectivity index (χ0n) is 7.00. The highest BCUT2D eigenvalue weighted by Crippen LogP contribution is 2.40. The fourth-order valence-electron chi connectivity index (χ4n) is 2.84. The van der Waals surface area contributed by atoms with Gasteiger partial charge in [-0.3, -0.25) is 0 Å². The lowest BCUT2D eigenvalue weighted by atomic mass is 9.79. The van der Waals surface area contributed by atoms with Gasteiger partial charge < -0.3 is 11.5 Å². The predicted molar refractivity (Wildman–Crippen MR) is 46.0 cm³/mol. The Balaban J connectivity index is 1.97. The van der Waals surface area contributed by atoms with Crippen molar-refractivity contribution < 1.29 is 0 Å². The summed E-state index contributed by atoms with van der Waals surface area (Å²) in [7, 11) is 0. The van der Waals surface area contributed by atoms with E-state index in [2.05, 4.69) is 0 Å². The van der Waals surface area contributed by atoms with E-state index >= 15 is 0 Å². The van der Waals surface area contributed by atoms with Crippen LogP contribution in [0.25, 0.3) is 0 Å². The highest BCUT2D eigenvalue weighted by atomic mass is 14.7. The monoisotopic (exact) mass is 154 g/mol. The molecule has 2 rings (SSSR count). The van der Waals surface area contributed by atoms with Gasteiger partial charge in [0.1, 0.15) is 0 Å². The third-order valence-electron chi connectivity index (χ3n) is 3.39. The van der Waals surface area contributed by atoms with Crippen molar-refractivity contribution in [3.63, 3.8) is 0 Å². The fourth-order valence-corrected chi connectivity index (χ4v) is 2.84. The first-order valence-electron chi connectivity index (χ1n) is 4.77. The Bertz CT molecular complexity index is 146. The maximum atomic E-state index is 5.90. The molecule has 0 saturated heterocycles. The highest BCUT2D eigenvalue weighted by molar-refractivity contribution is 4.91. The van der Waals surface area contributed by atoms with Crippen molar-refractivity contribution in [2.24, 2.45) is 23.3 Å². The van der Waals surface area contributed by atoms with Crippen LogP contribution in [0.3, 0.4) is 0 Å². The molecule has 0 aromatic carbocycles. The Kier molecular flexibility index (Phi) is 1.90. The van der Waals surface area contributed by atoms with E-state index in [1.807, 2.05) is 0 Å². The number of fused-ring (bicyclic) bond motifs is 1. The summed E-state index contributed by atoms with van der Waals surface area (Å²) in [6.45, 7) is 0. The average Bonchev–Trinajstić information content (AvgIpc) is 2.27. The first-order chi connectivity index (χ1) is 5.25. The molecule has 2 heteroatoms. The quantitative estimate of drug-likeness (QED) is 0.543. The van der Waals surface area contributed by atoms with Crippen LogP contribution in [0.2, 0.25) is 0 Å². The first-order valence-corrected chi connectivity index (χ1v) is 4.77. The van der Waals surface area contributed by atoms with Crippen molar-refractivity contribution in [3.8, 4) is 0 Å². The number of hydrogen-bond acceptors (Lipinski definition) is 2. The molecule has 0 spiro atoms. The third-order valence-corrected chi connectivity index (χ3v) is 3.39. The van der Waals surface area contributed by atoms with Gasteiger partial charge in [-0.1, -0.05) is 0 Å². The first kappa shape index (κ1) is 7.56. The summed E-state index contributed by atoms with van der Waals surface area (Å²) < 4.78 is 0. The second-order valence-electron chi connectivity index (χ2n) is 4.32. The molecular weight excluding hydrogens is 136 g/mol. The van der Waals surface area contributed by atoms with Crippen LogP contribution in [-0.2, 0) is 0 Å². The molecule has 0 radical (unpaired) electrons. The molecule has 0 aromatic heterocycles. The molecule has 0 amide bonds. The SMILES string of the molecule is NC1CCC2CC(N)CC2C1. The topological polar surface area (TPSA) is 52.0 Å². The summed E-state index contributed by atoms with van der Waals surface area (Å²) in [5, 5.41) is 0. The summed E-state index contributed by atoms with van der Waals surface area (Å²) in [5.41, 5.74) is 11.8. The molecule has 2 nitrogen and oxygen atoms in total. The summed E-state index contributed by atoms with van der Waals surface area (Å²) in [5.74, 6) is 1.79. The van der Waals surface area contributed by atoms with E-state index in [4.69, 9.17) is 11.5 Å².